The van der Waals surface area contributed by atoms with Crippen LogP contribution in [0.15, 0.2) is 38.8 Å². The van der Waals surface area contributed by atoms with Gasteiger partial charge in [0.2, 0.25) is 12.2 Å². The average molecular weight is 470 g/mol. The summed E-state index contributed by atoms with van der Waals surface area (Å²) in [6, 6.07) is 8.05. The number of rotatable bonds is 9. The highest BCUT2D eigenvalue weighted by molar-refractivity contribution is 5.85. The average Bonchev–Trinajstić information content (AvgIpc) is 3.23. The van der Waals surface area contributed by atoms with Crippen LogP contribution in [0.2, 0.25) is 0 Å². The Morgan fingerprint density at radius 2 is 1.74 bits per heavy atom. The number of aromatic nitrogens is 2. The monoisotopic (exact) mass is 469 g/mol. The molecule has 1 unspecified atom stereocenters. The van der Waals surface area contributed by atoms with Crippen LogP contribution in [0.4, 0.5) is 17.2 Å². The molecule has 0 radical (unpaired) electrons. The van der Waals surface area contributed by atoms with Crippen molar-refractivity contribution < 1.29 is 4.74 Å². The molecule has 3 heterocycles. The molecular formula is C25H37N6O3+. The van der Waals surface area contributed by atoms with Gasteiger partial charge in [-0.2, -0.15) is 9.58 Å². The summed E-state index contributed by atoms with van der Waals surface area (Å²) >= 11 is 0. The van der Waals surface area contributed by atoms with Gasteiger partial charge in [0.25, 0.3) is 5.69 Å². The number of ether oxygens (including phenoxy) is 1. The minimum Gasteiger partial charge on any atom is -0.495 e. The van der Waals surface area contributed by atoms with Crippen molar-refractivity contribution in [2.45, 2.75) is 45.6 Å². The lowest BCUT2D eigenvalue weighted by molar-refractivity contribution is 0.0736. The SMILES string of the molecule is CCCCCCCn1c(=O)c2c(n(C)c1=O)N=C[N+]2(C)N1CCN(c2ccccc2OC)CC1. The Labute approximate surface area is 201 Å². The molecule has 1 atom stereocenters. The highest BCUT2D eigenvalue weighted by Gasteiger charge is 2.45. The molecule has 34 heavy (non-hydrogen) atoms. The largest absolute Gasteiger partial charge is 0.495 e. The van der Waals surface area contributed by atoms with E-state index in [0.29, 0.717) is 18.1 Å². The minimum absolute atomic E-state index is 0.192. The second-order valence-electron chi connectivity index (χ2n) is 9.27. The summed E-state index contributed by atoms with van der Waals surface area (Å²) in [6.07, 6.45) is 7.11. The van der Waals surface area contributed by atoms with E-state index in [1.54, 1.807) is 20.5 Å². The molecule has 0 aliphatic carbocycles. The Morgan fingerprint density at radius 1 is 1.03 bits per heavy atom. The summed E-state index contributed by atoms with van der Waals surface area (Å²) in [5.74, 6) is 1.33. The minimum atomic E-state index is -0.286. The van der Waals surface area contributed by atoms with Gasteiger partial charge in [-0.1, -0.05) is 44.7 Å². The lowest BCUT2D eigenvalue weighted by atomic mass is 10.1. The lowest BCUT2D eigenvalue weighted by Gasteiger charge is -2.42. The van der Waals surface area contributed by atoms with Crippen LogP contribution in [0.1, 0.15) is 39.0 Å². The predicted molar refractivity (Wildman–Crippen MR) is 137 cm³/mol. The smallest absolute Gasteiger partial charge is 0.332 e. The number of hydrogen-bond donors (Lipinski definition) is 0. The zero-order valence-electron chi connectivity index (χ0n) is 20.9. The fourth-order valence-electron chi connectivity index (χ4n) is 5.04. The molecular weight excluding hydrogens is 432 g/mol. The second-order valence-corrected chi connectivity index (χ2v) is 9.27. The van der Waals surface area contributed by atoms with Gasteiger partial charge in [0.15, 0.2) is 0 Å². The third-order valence-electron chi connectivity index (χ3n) is 7.11. The van der Waals surface area contributed by atoms with E-state index in [2.05, 4.69) is 27.9 Å². The number of hydrogen-bond acceptors (Lipinski definition) is 6. The van der Waals surface area contributed by atoms with E-state index in [1.807, 2.05) is 25.2 Å². The Bertz CT molecular complexity index is 1160. The molecule has 9 heteroatoms. The van der Waals surface area contributed by atoms with Crippen molar-refractivity contribution in [2.24, 2.45) is 12.0 Å². The van der Waals surface area contributed by atoms with Crippen LogP contribution >= 0.6 is 0 Å². The third-order valence-corrected chi connectivity index (χ3v) is 7.11. The Kier molecular flexibility index (Phi) is 7.23. The van der Waals surface area contributed by atoms with E-state index < -0.39 is 0 Å². The first-order chi connectivity index (χ1) is 16.4. The highest BCUT2D eigenvalue weighted by Crippen LogP contribution is 2.35. The van der Waals surface area contributed by atoms with E-state index in [0.717, 1.165) is 63.3 Å². The first-order valence-electron chi connectivity index (χ1n) is 12.3. The molecule has 9 nitrogen and oxygen atoms in total. The normalized spacial score (nSPS) is 20.1. The number of piperazine rings is 1. The van der Waals surface area contributed by atoms with Crippen LogP contribution in [0.3, 0.4) is 0 Å². The summed E-state index contributed by atoms with van der Waals surface area (Å²) in [5, 5.41) is 2.25. The van der Waals surface area contributed by atoms with Gasteiger partial charge in [0, 0.05) is 26.7 Å². The van der Waals surface area contributed by atoms with E-state index in [1.165, 1.54) is 15.6 Å². The lowest BCUT2D eigenvalue weighted by Crippen LogP contribution is -2.64. The van der Waals surface area contributed by atoms with Crippen LogP contribution in [-0.2, 0) is 13.6 Å². The van der Waals surface area contributed by atoms with Crippen molar-refractivity contribution in [3.05, 3.63) is 45.1 Å². The summed E-state index contributed by atoms with van der Waals surface area (Å²) in [6.45, 7) is 5.72. The van der Waals surface area contributed by atoms with Gasteiger partial charge in [-0.3, -0.25) is 13.9 Å². The molecule has 0 bridgehead atoms. The molecule has 0 saturated carbocycles. The van der Waals surface area contributed by atoms with Crippen LogP contribution in [-0.4, -0.2) is 60.8 Å². The van der Waals surface area contributed by atoms with E-state index in [4.69, 9.17) is 4.74 Å². The summed E-state index contributed by atoms with van der Waals surface area (Å²) < 4.78 is 8.66. The van der Waals surface area contributed by atoms with Crippen molar-refractivity contribution in [3.63, 3.8) is 0 Å². The molecule has 1 saturated heterocycles. The second kappa shape index (κ2) is 10.1. The van der Waals surface area contributed by atoms with Crippen LogP contribution < -0.4 is 25.5 Å². The number of methoxy groups -OCH3 is 1. The molecule has 4 rings (SSSR count). The third kappa shape index (κ3) is 4.30. The van der Waals surface area contributed by atoms with Crippen molar-refractivity contribution in [3.8, 4) is 5.75 Å². The van der Waals surface area contributed by atoms with Gasteiger partial charge in [0.1, 0.15) is 5.75 Å². The molecule has 184 valence electrons. The fraction of sp³-hybridized carbons (Fsp3) is 0.560. The number of unbranched alkanes of at least 4 members (excludes halogenated alkanes) is 4. The Balaban J connectivity index is 1.56. The fourth-order valence-corrected chi connectivity index (χ4v) is 5.04. The standard InChI is InChI=1S/C25H37N6O3/c1-5-6-7-8-11-14-30-24(32)22-23(27(2)25(30)33)26-19-31(22,3)29-17-15-28(16-18-29)20-12-9-10-13-21(20)34-4/h9-10,12-13,19H,5-8,11,14-18H2,1-4H3/q+1. The van der Waals surface area contributed by atoms with Crippen LogP contribution in [0.5, 0.6) is 5.75 Å². The van der Waals surface area contributed by atoms with E-state index in [-0.39, 0.29) is 15.8 Å². The maximum Gasteiger partial charge on any atom is 0.332 e. The molecule has 2 aliphatic rings. The molecule has 0 spiro atoms. The van der Waals surface area contributed by atoms with Gasteiger partial charge >= 0.3 is 11.2 Å². The zero-order chi connectivity index (χ0) is 24.3. The number of para-hydroxylation sites is 2. The summed E-state index contributed by atoms with van der Waals surface area (Å²) in [5.41, 5.74) is 1.13. The van der Waals surface area contributed by atoms with Crippen LogP contribution in [0, 0.1) is 0 Å². The van der Waals surface area contributed by atoms with Crippen LogP contribution in [0.25, 0.3) is 0 Å². The van der Waals surface area contributed by atoms with Crippen molar-refractivity contribution in [1.82, 2.24) is 18.7 Å². The van der Waals surface area contributed by atoms with Gasteiger partial charge in [-0.25, -0.2) is 4.79 Å². The maximum atomic E-state index is 13.6. The number of quaternary nitrogens is 1. The molecule has 0 N–H and O–H groups in total. The summed E-state index contributed by atoms with van der Waals surface area (Å²) in [4.78, 5) is 33.4. The van der Waals surface area contributed by atoms with Gasteiger partial charge in [-0.15, -0.1) is 5.01 Å². The van der Waals surface area contributed by atoms with E-state index in [9.17, 15) is 9.59 Å². The predicted octanol–water partition coefficient (Wildman–Crippen LogP) is 2.87. The van der Waals surface area contributed by atoms with Crippen molar-refractivity contribution in [2.75, 3.05) is 45.2 Å². The van der Waals surface area contributed by atoms with Crippen molar-refractivity contribution >= 4 is 23.5 Å². The number of nitrogens with zero attached hydrogens (tertiary/aromatic N) is 6. The first kappa shape index (κ1) is 24.2. The zero-order valence-corrected chi connectivity index (χ0v) is 20.9. The van der Waals surface area contributed by atoms with Gasteiger partial charge < -0.3 is 9.64 Å². The number of fused-ring (bicyclic) bond motifs is 1. The number of aliphatic imine (C=N–C) groups is 1. The number of anilines is 1. The molecule has 2 aliphatic heterocycles. The summed E-state index contributed by atoms with van der Waals surface area (Å²) in [7, 11) is 5.39. The van der Waals surface area contributed by atoms with Gasteiger partial charge in [0.05, 0.1) is 32.9 Å². The topological polar surface area (TPSA) is 72.1 Å². The highest BCUT2D eigenvalue weighted by atomic mass is 16.5. The Morgan fingerprint density at radius 3 is 2.44 bits per heavy atom. The molecule has 0 amide bonds. The van der Waals surface area contributed by atoms with Crippen molar-refractivity contribution in [1.29, 1.82) is 0 Å². The quantitative estimate of drug-likeness (QED) is 0.417. The van der Waals surface area contributed by atoms with E-state index >= 15 is 0 Å². The first-order valence-corrected chi connectivity index (χ1v) is 12.3. The number of benzene rings is 1. The maximum absolute atomic E-state index is 13.6. The molecule has 2 aromatic rings. The molecule has 1 aromatic carbocycles. The molecule has 1 aromatic heterocycles. The van der Waals surface area contributed by atoms with Gasteiger partial charge in [-0.05, 0) is 18.6 Å². The molecule has 1 fully saturated rings. The Hall–Kier alpha value is -2.91.